The van der Waals surface area contributed by atoms with E-state index in [9.17, 15) is 0 Å². The van der Waals surface area contributed by atoms with Gasteiger partial charge in [0.2, 0.25) is 0 Å². The highest BCUT2D eigenvalue weighted by molar-refractivity contribution is 5.25. The lowest BCUT2D eigenvalue weighted by atomic mass is 10.1. The number of aromatic amines is 1. The van der Waals surface area contributed by atoms with Crippen molar-refractivity contribution in [3.63, 3.8) is 0 Å². The number of H-pyrrole nitrogens is 1. The number of hydrogen-bond acceptors (Lipinski definition) is 1. The zero-order chi connectivity index (χ0) is 11.2. The van der Waals surface area contributed by atoms with Crippen molar-refractivity contribution in [2.45, 2.75) is 19.3 Å². The topological polar surface area (TPSA) is 28.7 Å². The number of benzene rings is 1. The van der Waals surface area contributed by atoms with E-state index in [0.29, 0.717) is 0 Å². The number of aryl methyl sites for hydroxylation is 1. The average molecular weight is 212 g/mol. The number of hydrogen-bond donors (Lipinski definition) is 1. The van der Waals surface area contributed by atoms with Crippen LogP contribution in [-0.4, -0.2) is 9.97 Å². The van der Waals surface area contributed by atoms with Gasteiger partial charge in [0, 0.05) is 18.8 Å². The summed E-state index contributed by atoms with van der Waals surface area (Å²) in [6.07, 6.45) is 8.58. The van der Waals surface area contributed by atoms with Gasteiger partial charge in [-0.15, -0.1) is 6.58 Å². The van der Waals surface area contributed by atoms with Crippen molar-refractivity contribution in [2.75, 3.05) is 0 Å². The summed E-state index contributed by atoms with van der Waals surface area (Å²) < 4.78 is 0. The summed E-state index contributed by atoms with van der Waals surface area (Å²) in [5.41, 5.74) is 2.65. The van der Waals surface area contributed by atoms with Crippen LogP contribution < -0.4 is 0 Å². The largest absolute Gasteiger partial charge is 0.348 e. The highest BCUT2D eigenvalue weighted by Crippen LogP contribution is 2.09. The monoisotopic (exact) mass is 212 g/mol. The first-order valence-corrected chi connectivity index (χ1v) is 5.55. The molecule has 0 radical (unpaired) electrons. The molecule has 0 atom stereocenters. The van der Waals surface area contributed by atoms with Crippen LogP contribution in [0.15, 0.2) is 49.3 Å². The van der Waals surface area contributed by atoms with E-state index in [1.165, 1.54) is 11.1 Å². The van der Waals surface area contributed by atoms with E-state index in [-0.39, 0.29) is 0 Å². The quantitative estimate of drug-likeness (QED) is 0.758. The van der Waals surface area contributed by atoms with Gasteiger partial charge in [0.25, 0.3) is 0 Å². The van der Waals surface area contributed by atoms with Crippen LogP contribution in [0.4, 0.5) is 0 Å². The Morgan fingerprint density at radius 2 is 1.94 bits per heavy atom. The minimum Gasteiger partial charge on any atom is -0.348 e. The molecule has 2 rings (SSSR count). The number of imidazole rings is 1. The summed E-state index contributed by atoms with van der Waals surface area (Å²) in [4.78, 5) is 7.32. The summed E-state index contributed by atoms with van der Waals surface area (Å²) in [5.74, 6) is 1.01. The van der Waals surface area contributed by atoms with Crippen molar-refractivity contribution in [3.8, 4) is 0 Å². The minimum absolute atomic E-state index is 0.870. The van der Waals surface area contributed by atoms with Crippen LogP contribution in [-0.2, 0) is 12.8 Å². The predicted octanol–water partition coefficient (Wildman–Crippen LogP) is 3.12. The lowest BCUT2D eigenvalue weighted by Crippen LogP contribution is -1.91. The molecule has 0 spiro atoms. The van der Waals surface area contributed by atoms with Gasteiger partial charge in [-0.1, -0.05) is 30.3 Å². The minimum atomic E-state index is 0.870. The first-order valence-electron chi connectivity index (χ1n) is 5.55. The molecule has 82 valence electrons. The number of nitrogens with one attached hydrogen (secondary N) is 1. The maximum atomic E-state index is 4.21. The van der Waals surface area contributed by atoms with Crippen LogP contribution in [0, 0.1) is 0 Å². The van der Waals surface area contributed by atoms with Crippen LogP contribution in [0.3, 0.4) is 0 Å². The van der Waals surface area contributed by atoms with Crippen molar-refractivity contribution >= 4 is 0 Å². The van der Waals surface area contributed by atoms with Crippen molar-refractivity contribution < 1.29 is 0 Å². The fraction of sp³-hybridized carbons (Fsp3) is 0.214. The Morgan fingerprint density at radius 3 is 2.56 bits per heavy atom. The normalized spacial score (nSPS) is 10.2. The van der Waals surface area contributed by atoms with Gasteiger partial charge in [0.1, 0.15) is 5.82 Å². The summed E-state index contributed by atoms with van der Waals surface area (Å²) >= 11 is 0. The lowest BCUT2D eigenvalue weighted by Gasteiger charge is -2.01. The maximum absolute atomic E-state index is 4.21. The van der Waals surface area contributed by atoms with Crippen molar-refractivity contribution in [1.29, 1.82) is 0 Å². The Bertz CT molecular complexity index is 426. The Kier molecular flexibility index (Phi) is 3.54. The molecule has 2 nitrogen and oxygen atoms in total. The first kappa shape index (κ1) is 10.7. The molecular formula is C14H16N2. The molecule has 16 heavy (non-hydrogen) atoms. The molecule has 0 saturated carbocycles. The molecule has 0 aliphatic carbocycles. The SMILES string of the molecule is C=CCCc1ccc(Cc2ncc[nH]2)cc1. The highest BCUT2D eigenvalue weighted by atomic mass is 14.9. The first-order chi connectivity index (χ1) is 7.88. The molecule has 0 fully saturated rings. The summed E-state index contributed by atoms with van der Waals surface area (Å²) in [6.45, 7) is 3.73. The molecule has 0 unspecified atom stereocenters. The van der Waals surface area contributed by atoms with E-state index >= 15 is 0 Å². The molecule has 1 aromatic carbocycles. The Morgan fingerprint density at radius 1 is 1.19 bits per heavy atom. The molecule has 0 bridgehead atoms. The van der Waals surface area contributed by atoms with Crippen LogP contribution in [0.2, 0.25) is 0 Å². The second-order valence-corrected chi connectivity index (χ2v) is 3.86. The second-order valence-electron chi connectivity index (χ2n) is 3.86. The van der Waals surface area contributed by atoms with E-state index in [4.69, 9.17) is 0 Å². The molecule has 2 aromatic rings. The second kappa shape index (κ2) is 5.31. The van der Waals surface area contributed by atoms with Crippen molar-refractivity contribution in [3.05, 3.63) is 66.3 Å². The van der Waals surface area contributed by atoms with Crippen LogP contribution in [0.5, 0.6) is 0 Å². The summed E-state index contributed by atoms with van der Waals surface area (Å²) in [7, 11) is 0. The molecule has 1 heterocycles. The van der Waals surface area contributed by atoms with Gasteiger partial charge < -0.3 is 4.98 Å². The summed E-state index contributed by atoms with van der Waals surface area (Å²) in [6, 6.07) is 8.70. The van der Waals surface area contributed by atoms with E-state index in [1.54, 1.807) is 6.20 Å². The van der Waals surface area contributed by atoms with Gasteiger partial charge >= 0.3 is 0 Å². The van der Waals surface area contributed by atoms with Gasteiger partial charge in [-0.25, -0.2) is 4.98 Å². The smallest absolute Gasteiger partial charge is 0.110 e. The van der Waals surface area contributed by atoms with Crippen molar-refractivity contribution in [1.82, 2.24) is 9.97 Å². The van der Waals surface area contributed by atoms with Gasteiger partial charge in [-0.2, -0.15) is 0 Å². The lowest BCUT2D eigenvalue weighted by molar-refractivity contribution is 0.991. The summed E-state index contributed by atoms with van der Waals surface area (Å²) in [5, 5.41) is 0. The molecule has 0 aliphatic rings. The van der Waals surface area contributed by atoms with Crippen molar-refractivity contribution in [2.24, 2.45) is 0 Å². The zero-order valence-electron chi connectivity index (χ0n) is 9.32. The van der Waals surface area contributed by atoms with E-state index in [1.807, 2.05) is 12.3 Å². The standard InChI is InChI=1S/C14H16N2/c1-2-3-4-12-5-7-13(8-6-12)11-14-15-9-10-16-14/h2,5-10H,1,3-4,11H2,(H,15,16). The maximum Gasteiger partial charge on any atom is 0.110 e. The number of aromatic nitrogens is 2. The molecule has 2 heteroatoms. The van der Waals surface area contributed by atoms with Gasteiger partial charge in [0.15, 0.2) is 0 Å². The highest BCUT2D eigenvalue weighted by Gasteiger charge is 1.98. The van der Waals surface area contributed by atoms with E-state index in [0.717, 1.165) is 25.1 Å². The average Bonchev–Trinajstić information content (AvgIpc) is 2.81. The molecule has 1 N–H and O–H groups in total. The fourth-order valence-electron chi connectivity index (χ4n) is 1.68. The van der Waals surface area contributed by atoms with Crippen LogP contribution in [0.1, 0.15) is 23.4 Å². The Balaban J connectivity index is 1.99. The third kappa shape index (κ3) is 2.83. The van der Waals surface area contributed by atoms with E-state index in [2.05, 4.69) is 40.8 Å². The number of allylic oxidation sites excluding steroid dienone is 1. The Hall–Kier alpha value is -1.83. The van der Waals surface area contributed by atoms with Crippen LogP contribution in [0.25, 0.3) is 0 Å². The Labute approximate surface area is 96.1 Å². The van der Waals surface area contributed by atoms with Crippen LogP contribution >= 0.6 is 0 Å². The predicted molar refractivity (Wildman–Crippen MR) is 66.4 cm³/mol. The third-order valence-corrected chi connectivity index (χ3v) is 2.59. The third-order valence-electron chi connectivity index (χ3n) is 2.59. The molecule has 0 amide bonds. The molecule has 0 aliphatic heterocycles. The number of nitrogens with zero attached hydrogens (tertiary/aromatic N) is 1. The molecule has 0 saturated heterocycles. The van der Waals surface area contributed by atoms with Gasteiger partial charge in [-0.3, -0.25) is 0 Å². The van der Waals surface area contributed by atoms with E-state index < -0.39 is 0 Å². The fourth-order valence-corrected chi connectivity index (χ4v) is 1.68. The molecule has 1 aromatic heterocycles. The number of rotatable bonds is 5. The van der Waals surface area contributed by atoms with Gasteiger partial charge in [0.05, 0.1) is 0 Å². The van der Waals surface area contributed by atoms with Gasteiger partial charge in [-0.05, 0) is 24.0 Å². The molecular weight excluding hydrogens is 196 g/mol. The zero-order valence-corrected chi connectivity index (χ0v) is 9.32.